The fourth-order valence-electron chi connectivity index (χ4n) is 2.91. The Morgan fingerprint density at radius 3 is 2.52 bits per heavy atom. The van der Waals surface area contributed by atoms with Crippen molar-refractivity contribution in [1.82, 2.24) is 5.32 Å². The van der Waals surface area contributed by atoms with E-state index in [-0.39, 0.29) is 29.7 Å². The summed E-state index contributed by atoms with van der Waals surface area (Å²) in [4.78, 5) is 35.8. The summed E-state index contributed by atoms with van der Waals surface area (Å²) >= 11 is 0. The highest BCUT2D eigenvalue weighted by Gasteiger charge is 2.20. The van der Waals surface area contributed by atoms with Gasteiger partial charge in [-0.15, -0.1) is 0 Å². The number of carbonyl (C=O) groups is 2. The number of aliphatic carboxylic acids is 1. The van der Waals surface area contributed by atoms with Gasteiger partial charge in [-0.25, -0.2) is 4.79 Å². The molecule has 2 aromatic rings. The molecule has 1 aromatic heterocycles. The Bertz CT molecular complexity index is 916. The van der Waals surface area contributed by atoms with Crippen LogP contribution in [0.4, 0.5) is 0 Å². The van der Waals surface area contributed by atoms with Gasteiger partial charge >= 0.3 is 5.63 Å². The van der Waals surface area contributed by atoms with Gasteiger partial charge in [-0.1, -0.05) is 13.3 Å². The van der Waals surface area contributed by atoms with Crippen LogP contribution in [0.3, 0.4) is 0 Å². The van der Waals surface area contributed by atoms with Gasteiger partial charge in [-0.05, 0) is 31.0 Å². The molecule has 0 radical (unpaired) electrons. The largest absolute Gasteiger partial charge is 0.548 e. The van der Waals surface area contributed by atoms with Crippen LogP contribution in [0, 0.1) is 6.92 Å². The van der Waals surface area contributed by atoms with Gasteiger partial charge in [0.1, 0.15) is 0 Å². The van der Waals surface area contributed by atoms with Gasteiger partial charge in [0.15, 0.2) is 11.3 Å². The van der Waals surface area contributed by atoms with Crippen molar-refractivity contribution in [3.05, 3.63) is 33.7 Å². The van der Waals surface area contributed by atoms with Crippen LogP contribution in [0.5, 0.6) is 11.5 Å². The van der Waals surface area contributed by atoms with Gasteiger partial charge in [0, 0.05) is 5.39 Å². The van der Waals surface area contributed by atoms with E-state index < -0.39 is 23.5 Å². The molecule has 0 spiro atoms. The minimum atomic E-state index is -1.36. The van der Waals surface area contributed by atoms with E-state index in [0.717, 1.165) is 0 Å². The van der Waals surface area contributed by atoms with E-state index in [1.54, 1.807) is 26.0 Å². The lowest BCUT2D eigenvalue weighted by molar-refractivity contribution is -0.308. The van der Waals surface area contributed by atoms with Gasteiger partial charge in [-0.2, -0.15) is 0 Å². The Labute approximate surface area is 156 Å². The van der Waals surface area contributed by atoms with Crippen molar-refractivity contribution in [2.24, 2.45) is 0 Å². The second-order valence-corrected chi connectivity index (χ2v) is 6.08. The standard InChI is InChI=1S/C19H23NO7/c1-5-6-13(18(22)23)20-15(21)9-12-10(2)11-7-8-14(25-3)17(26-4)16(11)27-19(12)24/h7-8,13H,5-6,9H2,1-4H3,(H,20,21)(H,22,23)/p-1/t13-/m0/s1. The summed E-state index contributed by atoms with van der Waals surface area (Å²) in [6.45, 7) is 3.49. The van der Waals surface area contributed by atoms with E-state index in [4.69, 9.17) is 13.9 Å². The molecule has 0 saturated carbocycles. The average molecular weight is 376 g/mol. The van der Waals surface area contributed by atoms with Gasteiger partial charge in [-0.3, -0.25) is 4.79 Å². The summed E-state index contributed by atoms with van der Waals surface area (Å²) in [6.07, 6.45) is 0.514. The lowest BCUT2D eigenvalue weighted by Crippen LogP contribution is -2.48. The minimum absolute atomic E-state index is 0.154. The van der Waals surface area contributed by atoms with Crippen molar-refractivity contribution in [2.45, 2.75) is 39.2 Å². The van der Waals surface area contributed by atoms with Crippen LogP contribution >= 0.6 is 0 Å². The molecule has 2 rings (SSSR count). The van der Waals surface area contributed by atoms with Crippen molar-refractivity contribution >= 4 is 22.8 Å². The molecule has 1 amide bonds. The number of methoxy groups -OCH3 is 2. The highest BCUT2D eigenvalue weighted by Crippen LogP contribution is 2.36. The SMILES string of the molecule is CCC[C@H](NC(=O)Cc1c(C)c2ccc(OC)c(OC)c2oc1=O)C(=O)[O-]. The topological polar surface area (TPSA) is 118 Å². The number of aryl methyl sites for hydroxylation is 1. The Morgan fingerprint density at radius 1 is 1.26 bits per heavy atom. The first kappa shape index (κ1) is 20.3. The highest BCUT2D eigenvalue weighted by molar-refractivity contribution is 5.90. The summed E-state index contributed by atoms with van der Waals surface area (Å²) in [7, 11) is 2.90. The quantitative estimate of drug-likeness (QED) is 0.674. The number of benzene rings is 1. The van der Waals surface area contributed by atoms with E-state index in [9.17, 15) is 19.5 Å². The summed E-state index contributed by atoms with van der Waals surface area (Å²) in [6, 6.07) is 2.28. The third-order valence-electron chi connectivity index (χ3n) is 4.33. The molecule has 8 nitrogen and oxygen atoms in total. The second kappa shape index (κ2) is 8.57. The predicted molar refractivity (Wildman–Crippen MR) is 95.9 cm³/mol. The minimum Gasteiger partial charge on any atom is -0.548 e. The fraction of sp³-hybridized carbons (Fsp3) is 0.421. The molecule has 1 atom stereocenters. The van der Waals surface area contributed by atoms with Crippen LogP contribution in [-0.4, -0.2) is 32.1 Å². The average Bonchev–Trinajstić information content (AvgIpc) is 2.63. The Balaban J connectivity index is 2.41. The number of ether oxygens (including phenoxy) is 2. The van der Waals surface area contributed by atoms with E-state index in [0.29, 0.717) is 23.1 Å². The van der Waals surface area contributed by atoms with Gasteiger partial charge < -0.3 is 29.1 Å². The van der Waals surface area contributed by atoms with E-state index in [1.807, 2.05) is 0 Å². The van der Waals surface area contributed by atoms with E-state index in [1.165, 1.54) is 14.2 Å². The van der Waals surface area contributed by atoms with Crippen molar-refractivity contribution in [3.63, 3.8) is 0 Å². The number of carboxylic acid groups (broad SMARTS) is 1. The number of amides is 1. The second-order valence-electron chi connectivity index (χ2n) is 6.08. The molecule has 0 saturated heterocycles. The Kier molecular flexibility index (Phi) is 6.44. The van der Waals surface area contributed by atoms with Crippen LogP contribution < -0.4 is 25.5 Å². The van der Waals surface area contributed by atoms with Crippen LogP contribution in [0.1, 0.15) is 30.9 Å². The zero-order chi connectivity index (χ0) is 20.1. The molecule has 27 heavy (non-hydrogen) atoms. The first-order chi connectivity index (χ1) is 12.8. The summed E-state index contributed by atoms with van der Waals surface area (Å²) in [5, 5.41) is 14.1. The maximum Gasteiger partial charge on any atom is 0.340 e. The Morgan fingerprint density at radius 2 is 1.96 bits per heavy atom. The van der Waals surface area contributed by atoms with Crippen molar-refractivity contribution < 1.29 is 28.6 Å². The van der Waals surface area contributed by atoms with Crippen molar-refractivity contribution in [3.8, 4) is 11.5 Å². The van der Waals surface area contributed by atoms with Gasteiger partial charge in [0.05, 0.1) is 38.2 Å². The molecule has 8 heteroatoms. The van der Waals surface area contributed by atoms with Gasteiger partial charge in [0.25, 0.3) is 0 Å². The molecular weight excluding hydrogens is 354 g/mol. The molecule has 146 valence electrons. The smallest absolute Gasteiger partial charge is 0.340 e. The molecule has 1 N–H and O–H groups in total. The van der Waals surface area contributed by atoms with Crippen LogP contribution in [-0.2, 0) is 16.0 Å². The number of hydrogen-bond acceptors (Lipinski definition) is 7. The van der Waals surface area contributed by atoms with E-state index in [2.05, 4.69) is 5.32 Å². The number of carbonyl (C=O) groups excluding carboxylic acids is 2. The molecule has 0 aliphatic rings. The third kappa shape index (κ3) is 4.21. The van der Waals surface area contributed by atoms with Crippen molar-refractivity contribution in [2.75, 3.05) is 14.2 Å². The predicted octanol–water partition coefficient (Wildman–Crippen LogP) is 0.696. The fourth-order valence-corrected chi connectivity index (χ4v) is 2.91. The number of fused-ring (bicyclic) bond motifs is 1. The maximum atomic E-state index is 12.4. The maximum absolute atomic E-state index is 12.4. The highest BCUT2D eigenvalue weighted by atomic mass is 16.5. The van der Waals surface area contributed by atoms with Gasteiger partial charge in [0.2, 0.25) is 11.7 Å². The number of nitrogens with one attached hydrogen (secondary N) is 1. The Hall–Kier alpha value is -3.03. The normalized spacial score (nSPS) is 11.9. The third-order valence-corrected chi connectivity index (χ3v) is 4.33. The van der Waals surface area contributed by atoms with Crippen molar-refractivity contribution in [1.29, 1.82) is 0 Å². The lowest BCUT2D eigenvalue weighted by atomic mass is 10.0. The summed E-state index contributed by atoms with van der Waals surface area (Å²) in [5.41, 5.74) is 0.239. The first-order valence-electron chi connectivity index (χ1n) is 8.51. The molecule has 0 aliphatic heterocycles. The van der Waals surface area contributed by atoms with Crippen LogP contribution in [0.15, 0.2) is 21.3 Å². The summed E-state index contributed by atoms with van der Waals surface area (Å²) < 4.78 is 15.8. The molecule has 1 heterocycles. The monoisotopic (exact) mass is 376 g/mol. The zero-order valence-corrected chi connectivity index (χ0v) is 15.7. The lowest BCUT2D eigenvalue weighted by Gasteiger charge is -2.19. The number of carboxylic acids is 1. The summed E-state index contributed by atoms with van der Waals surface area (Å²) in [5.74, 6) is -1.25. The first-order valence-corrected chi connectivity index (χ1v) is 8.51. The van der Waals surface area contributed by atoms with E-state index >= 15 is 0 Å². The molecule has 0 unspecified atom stereocenters. The number of rotatable bonds is 8. The molecule has 0 fully saturated rings. The van der Waals surface area contributed by atoms with Crippen LogP contribution in [0.25, 0.3) is 11.0 Å². The molecular formula is C19H22NO7-. The zero-order valence-electron chi connectivity index (χ0n) is 15.7. The van der Waals surface area contributed by atoms with Crippen LogP contribution in [0.2, 0.25) is 0 Å². The number of hydrogen-bond donors (Lipinski definition) is 1. The molecule has 1 aromatic carbocycles. The molecule has 0 bridgehead atoms. The molecule has 0 aliphatic carbocycles.